The van der Waals surface area contributed by atoms with Crippen LogP contribution in [0.5, 0.6) is 0 Å². The first-order valence-corrected chi connectivity index (χ1v) is 6.80. The summed E-state index contributed by atoms with van der Waals surface area (Å²) in [7, 11) is 0. The molecule has 2 aliphatic heterocycles. The van der Waals surface area contributed by atoms with E-state index in [2.05, 4.69) is 11.0 Å². The van der Waals surface area contributed by atoms with Crippen molar-refractivity contribution in [1.82, 2.24) is 0 Å². The van der Waals surface area contributed by atoms with Gasteiger partial charge in [0, 0.05) is 24.3 Å². The van der Waals surface area contributed by atoms with E-state index in [1.54, 1.807) is 13.0 Å². The fourth-order valence-corrected chi connectivity index (χ4v) is 3.05. The van der Waals surface area contributed by atoms with Gasteiger partial charge in [-0.2, -0.15) is 5.26 Å². The van der Waals surface area contributed by atoms with Gasteiger partial charge < -0.3 is 14.7 Å². The van der Waals surface area contributed by atoms with Crippen LogP contribution >= 0.6 is 0 Å². The molecule has 2 unspecified atom stereocenters. The zero-order valence-corrected chi connectivity index (χ0v) is 11.0. The van der Waals surface area contributed by atoms with Crippen molar-refractivity contribution in [3.8, 4) is 6.07 Å². The number of nitriles is 1. The third kappa shape index (κ3) is 2.32. The molecule has 2 aliphatic rings. The Hall–Kier alpha value is -1.57. The second kappa shape index (κ2) is 4.84. The van der Waals surface area contributed by atoms with Crippen LogP contribution in [0.1, 0.15) is 37.0 Å². The molecule has 0 spiro atoms. The SMILES string of the molecule is C[C@@H](O)c1ccc(C#N)cc1N1CC2CCC(C1)O2. The summed E-state index contributed by atoms with van der Waals surface area (Å²) in [6, 6.07) is 7.67. The molecule has 2 bridgehead atoms. The van der Waals surface area contributed by atoms with Crippen molar-refractivity contribution < 1.29 is 9.84 Å². The Kier molecular flexibility index (Phi) is 3.17. The molecule has 3 atom stereocenters. The van der Waals surface area contributed by atoms with Crippen molar-refractivity contribution in [2.45, 2.75) is 38.1 Å². The molecular weight excluding hydrogens is 240 g/mol. The van der Waals surface area contributed by atoms with Crippen LogP contribution < -0.4 is 4.90 Å². The zero-order valence-electron chi connectivity index (χ0n) is 11.0. The number of benzene rings is 1. The van der Waals surface area contributed by atoms with Crippen LogP contribution in [0, 0.1) is 11.3 Å². The van der Waals surface area contributed by atoms with E-state index in [-0.39, 0.29) is 0 Å². The lowest BCUT2D eigenvalue weighted by Crippen LogP contribution is -2.43. The monoisotopic (exact) mass is 258 g/mol. The van der Waals surface area contributed by atoms with Crippen LogP contribution in [0.25, 0.3) is 0 Å². The maximum atomic E-state index is 9.91. The number of rotatable bonds is 2. The van der Waals surface area contributed by atoms with Gasteiger partial charge in [-0.3, -0.25) is 0 Å². The Morgan fingerprint density at radius 1 is 1.37 bits per heavy atom. The molecule has 19 heavy (non-hydrogen) atoms. The summed E-state index contributed by atoms with van der Waals surface area (Å²) in [6.07, 6.45) is 2.30. The number of fused-ring (bicyclic) bond motifs is 2. The standard InChI is InChI=1S/C15H18N2O2/c1-10(18)14-5-2-11(7-16)6-15(14)17-8-12-3-4-13(9-17)19-12/h2,5-6,10,12-13,18H,3-4,8-9H2,1H3/t10-,12?,13?/m1/s1. The Morgan fingerprint density at radius 2 is 2.05 bits per heavy atom. The largest absolute Gasteiger partial charge is 0.389 e. The molecule has 1 N–H and O–H groups in total. The fourth-order valence-electron chi connectivity index (χ4n) is 3.05. The van der Waals surface area contributed by atoms with Crippen LogP contribution in [0.4, 0.5) is 5.69 Å². The minimum absolute atomic E-state index is 0.298. The van der Waals surface area contributed by atoms with Crippen LogP contribution in [0.3, 0.4) is 0 Å². The number of aliphatic hydroxyl groups is 1. The van der Waals surface area contributed by atoms with Crippen molar-refractivity contribution in [2.75, 3.05) is 18.0 Å². The average molecular weight is 258 g/mol. The predicted molar refractivity (Wildman–Crippen MR) is 71.9 cm³/mol. The third-order valence-corrected chi connectivity index (χ3v) is 3.99. The van der Waals surface area contributed by atoms with E-state index < -0.39 is 6.10 Å². The number of anilines is 1. The second-order valence-electron chi connectivity index (χ2n) is 5.42. The summed E-state index contributed by atoms with van der Waals surface area (Å²) < 4.78 is 5.84. The lowest BCUT2D eigenvalue weighted by atomic mass is 10.0. The molecule has 0 radical (unpaired) electrons. The number of nitrogens with zero attached hydrogens (tertiary/aromatic N) is 2. The van der Waals surface area contributed by atoms with Crippen LogP contribution in [0.15, 0.2) is 18.2 Å². The van der Waals surface area contributed by atoms with E-state index in [0.717, 1.165) is 37.2 Å². The first kappa shape index (κ1) is 12.5. The number of morpholine rings is 1. The fraction of sp³-hybridized carbons (Fsp3) is 0.533. The van der Waals surface area contributed by atoms with Gasteiger partial charge in [0.15, 0.2) is 0 Å². The van der Waals surface area contributed by atoms with Gasteiger partial charge in [0.1, 0.15) is 0 Å². The highest BCUT2D eigenvalue weighted by atomic mass is 16.5. The maximum absolute atomic E-state index is 9.91. The topological polar surface area (TPSA) is 56.5 Å². The van der Waals surface area contributed by atoms with Gasteiger partial charge in [-0.15, -0.1) is 0 Å². The minimum atomic E-state index is -0.525. The van der Waals surface area contributed by atoms with E-state index in [0.29, 0.717) is 17.8 Å². The Bertz CT molecular complexity index is 509. The number of ether oxygens (including phenoxy) is 1. The van der Waals surface area contributed by atoms with Crippen molar-refractivity contribution in [1.29, 1.82) is 5.26 Å². The molecule has 4 heteroatoms. The van der Waals surface area contributed by atoms with Gasteiger partial charge >= 0.3 is 0 Å². The van der Waals surface area contributed by atoms with Crippen molar-refractivity contribution in [3.63, 3.8) is 0 Å². The van der Waals surface area contributed by atoms with E-state index in [1.165, 1.54) is 0 Å². The molecule has 3 rings (SSSR count). The van der Waals surface area contributed by atoms with Gasteiger partial charge in [-0.25, -0.2) is 0 Å². The molecule has 1 aromatic rings. The van der Waals surface area contributed by atoms with E-state index in [9.17, 15) is 5.11 Å². The first-order chi connectivity index (χ1) is 9.17. The highest BCUT2D eigenvalue weighted by molar-refractivity contribution is 5.59. The quantitative estimate of drug-likeness (QED) is 0.881. The van der Waals surface area contributed by atoms with Gasteiger partial charge in [0.05, 0.1) is 29.9 Å². The Labute approximate surface area is 113 Å². The molecule has 2 heterocycles. The van der Waals surface area contributed by atoms with E-state index >= 15 is 0 Å². The highest BCUT2D eigenvalue weighted by Gasteiger charge is 2.34. The first-order valence-electron chi connectivity index (χ1n) is 6.80. The molecule has 100 valence electrons. The highest BCUT2D eigenvalue weighted by Crippen LogP contribution is 2.34. The minimum Gasteiger partial charge on any atom is -0.389 e. The summed E-state index contributed by atoms with van der Waals surface area (Å²) in [5, 5.41) is 19.0. The molecule has 4 nitrogen and oxygen atoms in total. The Balaban J connectivity index is 1.96. The van der Waals surface area contributed by atoms with Crippen LogP contribution in [-0.2, 0) is 4.74 Å². The second-order valence-corrected chi connectivity index (χ2v) is 5.42. The normalized spacial score (nSPS) is 27.1. The smallest absolute Gasteiger partial charge is 0.0992 e. The number of hydrogen-bond acceptors (Lipinski definition) is 4. The summed E-state index contributed by atoms with van der Waals surface area (Å²) in [6.45, 7) is 3.47. The molecule has 1 aromatic carbocycles. The maximum Gasteiger partial charge on any atom is 0.0992 e. The molecule has 2 saturated heterocycles. The number of hydrogen-bond donors (Lipinski definition) is 1. The van der Waals surface area contributed by atoms with Crippen LogP contribution in [0.2, 0.25) is 0 Å². The Morgan fingerprint density at radius 3 is 2.63 bits per heavy atom. The summed E-state index contributed by atoms with van der Waals surface area (Å²) in [5.74, 6) is 0. The van der Waals surface area contributed by atoms with Crippen molar-refractivity contribution >= 4 is 5.69 Å². The van der Waals surface area contributed by atoms with Gasteiger partial charge in [0.2, 0.25) is 0 Å². The molecule has 0 saturated carbocycles. The van der Waals surface area contributed by atoms with Gasteiger partial charge in [0.25, 0.3) is 0 Å². The van der Waals surface area contributed by atoms with E-state index in [1.807, 2.05) is 12.1 Å². The van der Waals surface area contributed by atoms with Crippen LogP contribution in [-0.4, -0.2) is 30.4 Å². The summed E-state index contributed by atoms with van der Waals surface area (Å²) >= 11 is 0. The predicted octanol–water partition coefficient (Wildman–Crippen LogP) is 1.98. The summed E-state index contributed by atoms with van der Waals surface area (Å²) in [4.78, 5) is 2.26. The van der Waals surface area contributed by atoms with Crippen molar-refractivity contribution in [3.05, 3.63) is 29.3 Å². The molecular formula is C15H18N2O2. The molecule has 2 fully saturated rings. The molecule has 0 amide bonds. The molecule has 0 aliphatic carbocycles. The lowest BCUT2D eigenvalue weighted by Gasteiger charge is -2.35. The molecule has 0 aromatic heterocycles. The summed E-state index contributed by atoms with van der Waals surface area (Å²) in [5.41, 5.74) is 2.51. The third-order valence-electron chi connectivity index (χ3n) is 3.99. The van der Waals surface area contributed by atoms with Crippen molar-refractivity contribution in [2.24, 2.45) is 0 Å². The average Bonchev–Trinajstić information content (AvgIpc) is 2.76. The van der Waals surface area contributed by atoms with E-state index in [4.69, 9.17) is 10.00 Å². The lowest BCUT2D eigenvalue weighted by molar-refractivity contribution is 0.0303. The zero-order chi connectivity index (χ0) is 13.4. The van der Waals surface area contributed by atoms with Gasteiger partial charge in [-0.1, -0.05) is 6.07 Å². The number of aliphatic hydroxyl groups excluding tert-OH is 1. The van der Waals surface area contributed by atoms with Gasteiger partial charge in [-0.05, 0) is 31.9 Å².